The van der Waals surface area contributed by atoms with Gasteiger partial charge in [0.05, 0.1) is 12.3 Å². The normalized spacial score (nSPS) is 19.1. The molecule has 0 radical (unpaired) electrons. The van der Waals surface area contributed by atoms with Gasteiger partial charge in [-0.05, 0) is 17.7 Å². The van der Waals surface area contributed by atoms with Crippen LogP contribution in [0.1, 0.15) is 18.6 Å². The lowest BCUT2D eigenvalue weighted by molar-refractivity contribution is -0.114. The summed E-state index contributed by atoms with van der Waals surface area (Å²) in [5.41, 5.74) is 1.41. The van der Waals surface area contributed by atoms with E-state index in [1.807, 2.05) is 0 Å². The Hall–Kier alpha value is -1.55. The number of nitrogens with one attached hydrogen (secondary N) is 1. The fourth-order valence-corrected chi connectivity index (χ4v) is 1.28. The number of carbonyl (C=O) groups excluding carboxylic acids is 1. The second kappa shape index (κ2) is 3.31. The fourth-order valence-electron chi connectivity index (χ4n) is 1.28. The van der Waals surface area contributed by atoms with Crippen LogP contribution in [0.15, 0.2) is 18.2 Å². The van der Waals surface area contributed by atoms with Crippen LogP contribution in [0.5, 0.6) is 5.75 Å². The van der Waals surface area contributed by atoms with E-state index in [9.17, 15) is 9.90 Å². The Morgan fingerprint density at radius 2 is 2.36 bits per heavy atom. The van der Waals surface area contributed by atoms with Gasteiger partial charge >= 0.3 is 0 Å². The van der Waals surface area contributed by atoms with Crippen LogP contribution in [-0.2, 0) is 9.53 Å². The molecule has 2 N–H and O–H groups in total. The monoisotopic (exact) mass is 193 g/mol. The summed E-state index contributed by atoms with van der Waals surface area (Å²) in [4.78, 5) is 10.8. The van der Waals surface area contributed by atoms with Crippen LogP contribution in [0.4, 0.5) is 5.69 Å². The molecule has 0 aromatic heterocycles. The molecule has 1 aromatic rings. The van der Waals surface area contributed by atoms with Gasteiger partial charge < -0.3 is 15.2 Å². The molecule has 1 atom stereocenters. The Morgan fingerprint density at radius 3 is 2.93 bits per heavy atom. The quantitative estimate of drug-likeness (QED) is 0.551. The van der Waals surface area contributed by atoms with Crippen molar-refractivity contribution in [1.29, 1.82) is 0 Å². The second-order valence-corrected chi connectivity index (χ2v) is 3.28. The van der Waals surface area contributed by atoms with Crippen LogP contribution < -0.4 is 5.32 Å². The first-order valence-corrected chi connectivity index (χ1v) is 4.39. The number of rotatable bonds is 2. The van der Waals surface area contributed by atoms with E-state index < -0.39 is 0 Å². The lowest BCUT2D eigenvalue weighted by Crippen LogP contribution is -2.06. The van der Waals surface area contributed by atoms with Gasteiger partial charge in [-0.1, -0.05) is 6.07 Å². The van der Waals surface area contributed by atoms with Gasteiger partial charge in [-0.3, -0.25) is 4.79 Å². The Bertz CT molecular complexity index is 372. The summed E-state index contributed by atoms with van der Waals surface area (Å²) in [6.45, 7) is 2.12. The second-order valence-electron chi connectivity index (χ2n) is 3.28. The standard InChI is InChI=1S/C10H11NO3/c1-6(12)11-8-4-7(10-5-14-10)2-3-9(8)13/h2-4,10,13H,5H2,1H3,(H,11,12)/t10-/m1/s1. The maximum absolute atomic E-state index is 10.8. The number of phenolic OH excluding ortho intramolecular Hbond substituents is 1. The van der Waals surface area contributed by atoms with Crippen molar-refractivity contribution < 1.29 is 14.6 Å². The molecule has 0 aliphatic carbocycles. The van der Waals surface area contributed by atoms with Crippen molar-refractivity contribution in [2.45, 2.75) is 13.0 Å². The maximum Gasteiger partial charge on any atom is 0.221 e. The van der Waals surface area contributed by atoms with Gasteiger partial charge in [0.1, 0.15) is 11.9 Å². The highest BCUT2D eigenvalue weighted by molar-refractivity contribution is 5.90. The van der Waals surface area contributed by atoms with E-state index in [2.05, 4.69) is 5.32 Å². The summed E-state index contributed by atoms with van der Waals surface area (Å²) in [6, 6.07) is 5.08. The molecule has 1 saturated heterocycles. The van der Waals surface area contributed by atoms with Crippen LogP contribution in [0.25, 0.3) is 0 Å². The highest BCUT2D eigenvalue weighted by Gasteiger charge is 2.25. The van der Waals surface area contributed by atoms with E-state index >= 15 is 0 Å². The van der Waals surface area contributed by atoms with Gasteiger partial charge in [0.25, 0.3) is 0 Å². The molecule has 4 nitrogen and oxygen atoms in total. The molecule has 0 saturated carbocycles. The first-order chi connectivity index (χ1) is 6.66. The third kappa shape index (κ3) is 1.85. The molecular formula is C10H11NO3. The molecule has 0 spiro atoms. The number of ether oxygens (including phenoxy) is 1. The third-order valence-corrected chi connectivity index (χ3v) is 2.04. The SMILES string of the molecule is CC(=O)Nc1cc([C@H]2CO2)ccc1O. The molecule has 1 aliphatic rings. The topological polar surface area (TPSA) is 61.9 Å². The molecule has 1 amide bonds. The molecule has 1 heterocycles. The van der Waals surface area contributed by atoms with Crippen LogP contribution in [0.3, 0.4) is 0 Å². The minimum absolute atomic E-state index is 0.0737. The van der Waals surface area contributed by atoms with Crippen molar-refractivity contribution in [3.63, 3.8) is 0 Å². The van der Waals surface area contributed by atoms with Crippen molar-refractivity contribution in [3.8, 4) is 5.75 Å². The van der Waals surface area contributed by atoms with E-state index in [1.165, 1.54) is 6.92 Å². The molecule has 4 heteroatoms. The highest BCUT2D eigenvalue weighted by atomic mass is 16.6. The molecule has 1 aliphatic heterocycles. The Morgan fingerprint density at radius 1 is 1.64 bits per heavy atom. The van der Waals surface area contributed by atoms with Crippen LogP contribution in [0, 0.1) is 0 Å². The number of hydrogen-bond acceptors (Lipinski definition) is 3. The number of carbonyl (C=O) groups is 1. The molecule has 2 rings (SSSR count). The van der Waals surface area contributed by atoms with E-state index in [4.69, 9.17) is 4.74 Å². The van der Waals surface area contributed by atoms with E-state index in [0.29, 0.717) is 12.3 Å². The Labute approximate surface area is 81.5 Å². The average Bonchev–Trinajstić information content (AvgIpc) is 2.91. The van der Waals surface area contributed by atoms with Gasteiger partial charge in [-0.2, -0.15) is 0 Å². The lowest BCUT2D eigenvalue weighted by atomic mass is 10.1. The average molecular weight is 193 g/mol. The predicted octanol–water partition coefficient (Wildman–Crippen LogP) is 1.42. The first-order valence-electron chi connectivity index (χ1n) is 4.39. The zero-order valence-electron chi connectivity index (χ0n) is 7.78. The van der Waals surface area contributed by atoms with Gasteiger partial charge in [0, 0.05) is 6.92 Å². The van der Waals surface area contributed by atoms with Crippen molar-refractivity contribution in [1.82, 2.24) is 0 Å². The van der Waals surface area contributed by atoms with Gasteiger partial charge in [0.2, 0.25) is 5.91 Å². The van der Waals surface area contributed by atoms with Crippen LogP contribution in [0.2, 0.25) is 0 Å². The summed E-state index contributed by atoms with van der Waals surface area (Å²) < 4.78 is 5.10. The minimum atomic E-state index is -0.200. The molecule has 14 heavy (non-hydrogen) atoms. The Balaban J connectivity index is 2.26. The maximum atomic E-state index is 10.8. The third-order valence-electron chi connectivity index (χ3n) is 2.04. The smallest absolute Gasteiger partial charge is 0.221 e. The van der Waals surface area contributed by atoms with Crippen molar-refractivity contribution in [2.75, 3.05) is 11.9 Å². The Kier molecular flexibility index (Phi) is 2.13. The largest absolute Gasteiger partial charge is 0.506 e. The van der Waals surface area contributed by atoms with Crippen LogP contribution >= 0.6 is 0 Å². The van der Waals surface area contributed by atoms with Crippen LogP contribution in [-0.4, -0.2) is 17.6 Å². The summed E-state index contributed by atoms with van der Waals surface area (Å²) in [5.74, 6) is -0.126. The van der Waals surface area contributed by atoms with Gasteiger partial charge in [-0.25, -0.2) is 0 Å². The number of epoxide rings is 1. The number of hydrogen-bond donors (Lipinski definition) is 2. The molecule has 0 unspecified atom stereocenters. The van der Waals surface area contributed by atoms with E-state index in [0.717, 1.165) is 5.56 Å². The molecule has 74 valence electrons. The molecular weight excluding hydrogens is 182 g/mol. The molecule has 1 aromatic carbocycles. The van der Waals surface area contributed by atoms with E-state index in [1.54, 1.807) is 18.2 Å². The van der Waals surface area contributed by atoms with Gasteiger partial charge in [0.15, 0.2) is 0 Å². The molecule has 1 fully saturated rings. The first kappa shape index (κ1) is 9.02. The zero-order chi connectivity index (χ0) is 10.1. The van der Waals surface area contributed by atoms with Crippen molar-refractivity contribution in [2.24, 2.45) is 0 Å². The number of amides is 1. The van der Waals surface area contributed by atoms with Crippen molar-refractivity contribution in [3.05, 3.63) is 23.8 Å². The number of anilines is 1. The highest BCUT2D eigenvalue weighted by Crippen LogP contribution is 2.34. The summed E-state index contributed by atoms with van der Waals surface area (Å²) in [5, 5.41) is 12.0. The lowest BCUT2D eigenvalue weighted by Gasteiger charge is -2.06. The summed E-state index contributed by atoms with van der Waals surface area (Å²) in [7, 11) is 0. The zero-order valence-corrected chi connectivity index (χ0v) is 7.78. The molecule has 0 bridgehead atoms. The summed E-state index contributed by atoms with van der Waals surface area (Å²) >= 11 is 0. The minimum Gasteiger partial charge on any atom is -0.506 e. The predicted molar refractivity (Wildman–Crippen MR) is 51.1 cm³/mol. The number of aromatic hydroxyl groups is 1. The number of phenols is 1. The number of benzene rings is 1. The summed E-state index contributed by atoms with van der Waals surface area (Å²) in [6.07, 6.45) is 0.128. The fraction of sp³-hybridized carbons (Fsp3) is 0.300. The van der Waals surface area contributed by atoms with Crippen molar-refractivity contribution >= 4 is 11.6 Å². The van der Waals surface area contributed by atoms with E-state index in [-0.39, 0.29) is 17.8 Å². The van der Waals surface area contributed by atoms with Gasteiger partial charge in [-0.15, -0.1) is 0 Å².